The predicted molar refractivity (Wildman–Crippen MR) is 90.6 cm³/mol. The Morgan fingerprint density at radius 3 is 2.32 bits per heavy atom. The van der Waals surface area contributed by atoms with E-state index in [1.165, 1.54) is 30.4 Å². The van der Waals surface area contributed by atoms with Crippen molar-refractivity contribution >= 4 is 39.2 Å². The van der Waals surface area contributed by atoms with Gasteiger partial charge in [-0.1, -0.05) is 62.2 Å². The van der Waals surface area contributed by atoms with Gasteiger partial charge in [-0.25, -0.2) is 0 Å². The molecule has 1 rings (SSSR count). The molecule has 0 nitrogen and oxygen atoms in total. The van der Waals surface area contributed by atoms with Crippen molar-refractivity contribution in [3.05, 3.63) is 48.0 Å². The van der Waals surface area contributed by atoms with Gasteiger partial charge in [0, 0.05) is 5.92 Å². The molecule has 0 N–H and O–H groups in total. The summed E-state index contributed by atoms with van der Waals surface area (Å²) in [4.78, 5) is 0. The highest BCUT2D eigenvalue weighted by Crippen LogP contribution is 2.39. The topological polar surface area (TPSA) is 0 Å². The van der Waals surface area contributed by atoms with Gasteiger partial charge in [-0.3, -0.25) is 0 Å². The Bertz CT molecular complexity index is 384. The van der Waals surface area contributed by atoms with Crippen molar-refractivity contribution in [3.63, 3.8) is 0 Å². The zero-order valence-electron chi connectivity index (χ0n) is 11.3. The van der Waals surface area contributed by atoms with E-state index in [9.17, 15) is 0 Å². The Kier molecular flexibility index (Phi) is 7.52. The van der Waals surface area contributed by atoms with Crippen molar-refractivity contribution in [1.29, 1.82) is 0 Å². The Morgan fingerprint density at radius 2 is 1.79 bits per heavy atom. The maximum Gasteiger partial charge on any atom is 0.342 e. The first-order valence-corrected chi connectivity index (χ1v) is 12.0. The summed E-state index contributed by atoms with van der Waals surface area (Å²) < 4.78 is 0. The molecule has 0 aliphatic carbocycles. The summed E-state index contributed by atoms with van der Waals surface area (Å²) in [6, 6.07) is 8.22. The zero-order valence-corrected chi connectivity index (χ0v) is 14.6. The second-order valence-electron chi connectivity index (χ2n) is 4.90. The molecular formula is C15H21Cl3Si. The Labute approximate surface area is 131 Å². The molecule has 4 heteroatoms. The van der Waals surface area contributed by atoms with Gasteiger partial charge < -0.3 is 0 Å². The summed E-state index contributed by atoms with van der Waals surface area (Å²) in [6.07, 6.45) is 4.62. The quantitative estimate of drug-likeness (QED) is 0.218. The van der Waals surface area contributed by atoms with Gasteiger partial charge in [-0.2, -0.15) is 0 Å². The van der Waals surface area contributed by atoms with Crippen molar-refractivity contribution in [2.45, 2.75) is 44.6 Å². The molecule has 19 heavy (non-hydrogen) atoms. The third kappa shape index (κ3) is 6.85. The molecule has 0 saturated heterocycles. The Morgan fingerprint density at radius 1 is 1.16 bits per heavy atom. The predicted octanol–water partition coefficient (Wildman–Crippen LogP) is 6.56. The van der Waals surface area contributed by atoms with E-state index in [2.05, 4.69) is 25.6 Å². The Balaban J connectivity index is 2.78. The molecule has 0 aromatic heterocycles. The molecule has 0 bridgehead atoms. The van der Waals surface area contributed by atoms with E-state index in [1.54, 1.807) is 0 Å². The number of hydrogen-bond acceptors (Lipinski definition) is 0. The van der Waals surface area contributed by atoms with E-state index in [-0.39, 0.29) is 5.92 Å². The monoisotopic (exact) mass is 334 g/mol. The molecule has 1 atom stereocenters. The first-order chi connectivity index (χ1) is 8.94. The van der Waals surface area contributed by atoms with Gasteiger partial charge in [0.25, 0.3) is 0 Å². The zero-order chi connectivity index (χ0) is 14.3. The van der Waals surface area contributed by atoms with Gasteiger partial charge >= 0.3 is 6.00 Å². The Hall–Kier alpha value is 0.0469. The lowest BCUT2D eigenvalue weighted by Crippen LogP contribution is -2.16. The van der Waals surface area contributed by atoms with Crippen molar-refractivity contribution in [2.75, 3.05) is 0 Å². The third-order valence-electron chi connectivity index (χ3n) is 3.23. The molecule has 1 unspecified atom stereocenters. The summed E-state index contributed by atoms with van der Waals surface area (Å²) in [5, 5.41) is 0. The number of rotatable bonds is 8. The summed E-state index contributed by atoms with van der Waals surface area (Å²) in [7, 11) is 0. The van der Waals surface area contributed by atoms with Gasteiger partial charge in [0.05, 0.1) is 0 Å². The van der Waals surface area contributed by atoms with Crippen LogP contribution in [0.1, 0.15) is 44.1 Å². The molecule has 0 spiro atoms. The number of benzene rings is 1. The molecule has 0 saturated carbocycles. The van der Waals surface area contributed by atoms with Crippen molar-refractivity contribution in [2.24, 2.45) is 0 Å². The van der Waals surface area contributed by atoms with Crippen LogP contribution in [-0.4, -0.2) is 6.00 Å². The summed E-state index contributed by atoms with van der Waals surface area (Å²) in [6.45, 7) is 6.43. The lowest BCUT2D eigenvalue weighted by Gasteiger charge is -2.23. The average Bonchev–Trinajstić information content (AvgIpc) is 2.36. The molecule has 0 aliphatic rings. The minimum absolute atomic E-state index is 0.178. The number of unbranched alkanes of at least 4 members (excludes halogenated alkanes) is 2. The number of hydrogen-bond donors (Lipinski definition) is 0. The van der Waals surface area contributed by atoms with Crippen molar-refractivity contribution in [3.8, 4) is 0 Å². The first-order valence-electron chi connectivity index (χ1n) is 6.73. The van der Waals surface area contributed by atoms with Crippen molar-refractivity contribution in [1.82, 2.24) is 0 Å². The highest BCUT2D eigenvalue weighted by molar-refractivity contribution is 7.64. The van der Waals surface area contributed by atoms with E-state index in [1.807, 2.05) is 18.2 Å². The lowest BCUT2D eigenvalue weighted by molar-refractivity contribution is 0.683. The van der Waals surface area contributed by atoms with Crippen LogP contribution in [0.25, 0.3) is 0 Å². The lowest BCUT2D eigenvalue weighted by atomic mass is 9.90. The second kappa shape index (κ2) is 8.36. The van der Waals surface area contributed by atoms with E-state index in [4.69, 9.17) is 33.2 Å². The highest BCUT2D eigenvalue weighted by Gasteiger charge is 2.31. The van der Waals surface area contributed by atoms with Gasteiger partial charge in [0.15, 0.2) is 0 Å². The largest absolute Gasteiger partial charge is 0.342 e. The molecule has 106 valence electrons. The molecule has 1 aromatic carbocycles. The number of allylic oxidation sites excluding steroid dienone is 1. The fraction of sp³-hybridized carbons (Fsp3) is 0.467. The first kappa shape index (κ1) is 17.1. The van der Waals surface area contributed by atoms with Crippen LogP contribution < -0.4 is 0 Å². The number of halogens is 3. The third-order valence-corrected chi connectivity index (χ3v) is 5.49. The minimum atomic E-state index is -2.66. The second-order valence-corrected chi connectivity index (χ2v) is 14.1. The van der Waals surface area contributed by atoms with E-state index < -0.39 is 6.00 Å². The van der Waals surface area contributed by atoms with Crippen LogP contribution in [0, 0.1) is 0 Å². The van der Waals surface area contributed by atoms with Crippen LogP contribution in [0.2, 0.25) is 6.04 Å². The van der Waals surface area contributed by atoms with Crippen LogP contribution in [0.15, 0.2) is 42.5 Å². The van der Waals surface area contributed by atoms with Gasteiger partial charge in [-0.05, 0) is 24.4 Å². The van der Waals surface area contributed by atoms with Gasteiger partial charge in [-0.15, -0.1) is 33.2 Å². The van der Waals surface area contributed by atoms with E-state index >= 15 is 0 Å². The van der Waals surface area contributed by atoms with Gasteiger partial charge in [0.2, 0.25) is 0 Å². The van der Waals surface area contributed by atoms with Crippen LogP contribution in [0.5, 0.6) is 0 Å². The average molecular weight is 336 g/mol. The summed E-state index contributed by atoms with van der Waals surface area (Å²) in [5.74, 6) is 0.178. The van der Waals surface area contributed by atoms with Crippen LogP contribution in [0.3, 0.4) is 0 Å². The van der Waals surface area contributed by atoms with Gasteiger partial charge in [0.1, 0.15) is 0 Å². The molecular weight excluding hydrogens is 315 g/mol. The summed E-state index contributed by atoms with van der Waals surface area (Å²) >= 11 is 18.3. The maximum atomic E-state index is 6.11. The van der Waals surface area contributed by atoms with Crippen LogP contribution in [0.4, 0.5) is 0 Å². The molecule has 1 aromatic rings. The van der Waals surface area contributed by atoms with Crippen LogP contribution in [-0.2, 0) is 0 Å². The minimum Gasteiger partial charge on any atom is -0.126 e. The van der Waals surface area contributed by atoms with Crippen molar-refractivity contribution < 1.29 is 0 Å². The molecule has 0 radical (unpaired) electrons. The molecule has 0 fully saturated rings. The maximum absolute atomic E-state index is 6.11. The van der Waals surface area contributed by atoms with E-state index in [0.29, 0.717) is 6.04 Å². The smallest absolute Gasteiger partial charge is 0.126 e. The fourth-order valence-corrected chi connectivity index (χ4v) is 4.57. The fourth-order valence-electron chi connectivity index (χ4n) is 2.19. The molecule has 0 amide bonds. The highest BCUT2D eigenvalue weighted by atomic mass is 35.8. The van der Waals surface area contributed by atoms with Crippen LogP contribution >= 0.6 is 33.2 Å². The SMILES string of the molecule is C=C(CCCCC)C(C[Si](Cl)(Cl)Cl)c1ccccc1. The van der Waals surface area contributed by atoms with E-state index in [0.717, 1.165) is 6.42 Å². The summed E-state index contributed by atoms with van der Waals surface area (Å²) in [5.41, 5.74) is 2.40. The molecule has 0 aliphatic heterocycles. The standard InChI is InChI=1S/C15H21Cl3Si/c1-3-4-6-9-13(2)15(12-19(16,17)18)14-10-7-5-8-11-14/h5,7-8,10-11,15H,2-4,6,9,12H2,1H3. The molecule has 0 heterocycles. The normalized spacial score (nSPS) is 13.3.